The number of nitrogens with zero attached hydrogens (tertiary/aromatic N) is 1. The molecule has 3 aliphatic rings. The van der Waals surface area contributed by atoms with E-state index in [1.165, 1.54) is 7.11 Å². The van der Waals surface area contributed by atoms with Crippen LogP contribution >= 0.6 is 27.5 Å². The van der Waals surface area contributed by atoms with Gasteiger partial charge in [0, 0.05) is 23.9 Å². The molecular weight excluding hydrogens is 346 g/mol. The molecule has 0 aromatic heterocycles. The Hall–Kier alpha value is -0.910. The minimum atomic E-state index is -1.37. The third-order valence-electron chi connectivity index (χ3n) is 3.96. The lowest BCUT2D eigenvalue weighted by atomic mass is 9.75. The number of benzene rings is 1. The molecule has 0 saturated carbocycles. The van der Waals surface area contributed by atoms with Gasteiger partial charge in [-0.15, -0.1) is 0 Å². The lowest BCUT2D eigenvalue weighted by Crippen LogP contribution is -2.62. The zero-order valence-corrected chi connectivity index (χ0v) is 13.4. The Morgan fingerprint density at radius 3 is 2.70 bits per heavy atom. The van der Waals surface area contributed by atoms with Crippen LogP contribution < -0.4 is 0 Å². The lowest BCUT2D eigenvalue weighted by Gasteiger charge is -2.49. The number of carbonyl (C=O) groups is 1. The number of fused-ring (bicyclic) bond motifs is 2. The van der Waals surface area contributed by atoms with Crippen LogP contribution in [0.2, 0.25) is 0 Å². The van der Waals surface area contributed by atoms with Crippen molar-refractivity contribution in [2.75, 3.05) is 7.11 Å². The SMILES string of the molecule is CO[C@]12N=C(Cl)[C@](C)(C[C@@H]1c1ccc(Br)cc1)OC2=O. The summed E-state index contributed by atoms with van der Waals surface area (Å²) < 4.78 is 11.8. The molecule has 20 heavy (non-hydrogen) atoms. The maximum absolute atomic E-state index is 12.3. The van der Waals surface area contributed by atoms with E-state index in [9.17, 15) is 4.79 Å². The summed E-state index contributed by atoms with van der Waals surface area (Å²) in [6.45, 7) is 1.78. The molecule has 3 aliphatic heterocycles. The first-order chi connectivity index (χ1) is 9.41. The second-order valence-corrected chi connectivity index (χ2v) is 6.51. The fraction of sp³-hybridized carbons (Fsp3) is 0.429. The number of ether oxygens (including phenoxy) is 2. The van der Waals surface area contributed by atoms with Crippen LogP contribution in [0.15, 0.2) is 33.7 Å². The third kappa shape index (κ3) is 1.84. The minimum absolute atomic E-state index is 0.214. The van der Waals surface area contributed by atoms with Gasteiger partial charge in [0.15, 0.2) is 5.60 Å². The number of hydrogen-bond acceptors (Lipinski definition) is 4. The monoisotopic (exact) mass is 357 g/mol. The number of carbonyl (C=O) groups excluding carboxylic acids is 1. The number of rotatable bonds is 2. The molecule has 4 nitrogen and oxygen atoms in total. The third-order valence-corrected chi connectivity index (χ3v) is 4.97. The second kappa shape index (κ2) is 4.55. The van der Waals surface area contributed by atoms with Gasteiger partial charge in [0.05, 0.1) is 0 Å². The summed E-state index contributed by atoms with van der Waals surface area (Å²) in [5.41, 5.74) is -1.26. The van der Waals surface area contributed by atoms with E-state index in [0.29, 0.717) is 6.42 Å². The molecule has 106 valence electrons. The van der Waals surface area contributed by atoms with Crippen molar-refractivity contribution in [2.45, 2.75) is 30.6 Å². The van der Waals surface area contributed by atoms with E-state index in [1.54, 1.807) is 6.92 Å². The maximum atomic E-state index is 12.3. The van der Waals surface area contributed by atoms with Gasteiger partial charge in [0.1, 0.15) is 5.17 Å². The normalized spacial score (nSPS) is 35.7. The quantitative estimate of drug-likeness (QED) is 0.763. The van der Waals surface area contributed by atoms with Gasteiger partial charge in [-0.1, -0.05) is 39.7 Å². The highest BCUT2D eigenvalue weighted by Gasteiger charge is 2.62. The van der Waals surface area contributed by atoms with Crippen molar-refractivity contribution in [3.63, 3.8) is 0 Å². The van der Waals surface area contributed by atoms with Crippen LogP contribution in [0.5, 0.6) is 0 Å². The number of halogens is 2. The zero-order chi connectivity index (χ0) is 14.5. The van der Waals surface area contributed by atoms with E-state index >= 15 is 0 Å². The molecule has 2 bridgehead atoms. The molecule has 0 amide bonds. The van der Waals surface area contributed by atoms with E-state index in [4.69, 9.17) is 21.1 Å². The summed E-state index contributed by atoms with van der Waals surface area (Å²) in [6.07, 6.45) is 0.552. The van der Waals surface area contributed by atoms with E-state index in [-0.39, 0.29) is 11.1 Å². The Morgan fingerprint density at radius 2 is 2.10 bits per heavy atom. The van der Waals surface area contributed by atoms with E-state index in [1.807, 2.05) is 24.3 Å². The Kier molecular flexibility index (Phi) is 3.19. The van der Waals surface area contributed by atoms with Gasteiger partial charge < -0.3 is 9.47 Å². The van der Waals surface area contributed by atoms with E-state index < -0.39 is 17.3 Å². The fourth-order valence-corrected chi connectivity index (χ4v) is 3.32. The average molecular weight is 359 g/mol. The number of hydrogen-bond donors (Lipinski definition) is 0. The van der Waals surface area contributed by atoms with Gasteiger partial charge >= 0.3 is 5.97 Å². The van der Waals surface area contributed by atoms with Crippen molar-refractivity contribution in [1.29, 1.82) is 0 Å². The maximum Gasteiger partial charge on any atom is 0.363 e. The van der Waals surface area contributed by atoms with Gasteiger partial charge in [0.25, 0.3) is 5.72 Å². The van der Waals surface area contributed by atoms with Crippen LogP contribution in [0.1, 0.15) is 24.8 Å². The molecule has 1 fully saturated rings. The van der Waals surface area contributed by atoms with E-state index in [0.717, 1.165) is 10.0 Å². The molecule has 0 aliphatic carbocycles. The van der Waals surface area contributed by atoms with Crippen LogP contribution in [0.25, 0.3) is 0 Å². The summed E-state index contributed by atoms with van der Waals surface area (Å²) in [6, 6.07) is 7.77. The molecule has 0 N–H and O–H groups in total. The van der Waals surface area contributed by atoms with Crippen molar-refractivity contribution in [3.05, 3.63) is 34.3 Å². The predicted molar refractivity (Wildman–Crippen MR) is 79.0 cm³/mol. The topological polar surface area (TPSA) is 47.9 Å². The Morgan fingerprint density at radius 1 is 1.45 bits per heavy atom. The van der Waals surface area contributed by atoms with Gasteiger partial charge in [-0.25, -0.2) is 9.79 Å². The Labute approximate surface area is 130 Å². The van der Waals surface area contributed by atoms with Crippen molar-refractivity contribution < 1.29 is 14.3 Å². The first-order valence-electron chi connectivity index (χ1n) is 6.21. The molecule has 1 saturated heterocycles. The summed E-state index contributed by atoms with van der Waals surface area (Å²) in [4.78, 5) is 16.6. The smallest absolute Gasteiger partial charge is 0.363 e. The highest BCUT2D eigenvalue weighted by Crippen LogP contribution is 2.50. The first kappa shape index (κ1) is 14.0. The van der Waals surface area contributed by atoms with Gasteiger partial charge in [-0.2, -0.15) is 0 Å². The molecule has 6 heteroatoms. The molecule has 0 radical (unpaired) electrons. The summed E-state index contributed by atoms with van der Waals surface area (Å²) in [5.74, 6) is -0.694. The van der Waals surface area contributed by atoms with Crippen molar-refractivity contribution in [2.24, 2.45) is 4.99 Å². The summed E-state index contributed by atoms with van der Waals surface area (Å²) >= 11 is 9.55. The van der Waals surface area contributed by atoms with Crippen LogP contribution in [0.4, 0.5) is 0 Å². The number of aliphatic imine (C=N–C) groups is 1. The molecular formula is C14H13BrClNO3. The van der Waals surface area contributed by atoms with Crippen molar-refractivity contribution >= 4 is 38.7 Å². The molecule has 4 rings (SSSR count). The standard InChI is InChI=1S/C14H13BrClNO3/c1-13-7-10(8-3-5-9(15)6-4-8)14(19-2,12(18)20-13)17-11(13)16/h3-6,10H,7H2,1-2H3/t10-,13+,14-/m1/s1. The van der Waals surface area contributed by atoms with Crippen LogP contribution in [-0.4, -0.2) is 29.6 Å². The van der Waals surface area contributed by atoms with Crippen molar-refractivity contribution in [1.82, 2.24) is 0 Å². The predicted octanol–water partition coefficient (Wildman–Crippen LogP) is 3.23. The highest BCUT2D eigenvalue weighted by molar-refractivity contribution is 9.10. The molecule has 1 aromatic carbocycles. The highest BCUT2D eigenvalue weighted by atomic mass is 79.9. The Balaban J connectivity index is 2.13. The summed E-state index contributed by atoms with van der Waals surface area (Å²) in [7, 11) is 1.45. The fourth-order valence-electron chi connectivity index (χ4n) is 2.81. The average Bonchev–Trinajstić information content (AvgIpc) is 2.41. The lowest BCUT2D eigenvalue weighted by molar-refractivity contribution is -0.199. The molecule has 3 atom stereocenters. The van der Waals surface area contributed by atoms with Gasteiger partial charge in [-0.3, -0.25) is 0 Å². The molecule has 0 spiro atoms. The number of methoxy groups -OCH3 is 1. The molecule has 0 unspecified atom stereocenters. The molecule has 3 heterocycles. The van der Waals surface area contributed by atoms with Crippen molar-refractivity contribution in [3.8, 4) is 0 Å². The first-order valence-corrected chi connectivity index (χ1v) is 7.38. The summed E-state index contributed by atoms with van der Waals surface area (Å²) in [5, 5.41) is 0.285. The van der Waals surface area contributed by atoms with E-state index in [2.05, 4.69) is 20.9 Å². The van der Waals surface area contributed by atoms with Crippen LogP contribution in [0.3, 0.4) is 0 Å². The van der Waals surface area contributed by atoms with Gasteiger partial charge in [-0.05, 0) is 24.6 Å². The number of esters is 1. The van der Waals surface area contributed by atoms with Gasteiger partial charge in [0.2, 0.25) is 0 Å². The molecule has 1 aromatic rings. The zero-order valence-electron chi connectivity index (χ0n) is 11.0. The van der Waals surface area contributed by atoms with Crippen LogP contribution in [0, 0.1) is 0 Å². The second-order valence-electron chi connectivity index (χ2n) is 5.23. The van der Waals surface area contributed by atoms with Crippen LogP contribution in [-0.2, 0) is 14.3 Å². The Bertz CT molecular complexity index is 603. The minimum Gasteiger partial charge on any atom is -0.448 e. The largest absolute Gasteiger partial charge is 0.448 e.